The Morgan fingerprint density at radius 3 is 1.41 bits per heavy atom. The Morgan fingerprint density at radius 1 is 0.493 bits per heavy atom. The van der Waals surface area contributed by atoms with E-state index < -0.39 is 124 Å². The van der Waals surface area contributed by atoms with Gasteiger partial charge in [0.15, 0.2) is 18.9 Å². The molecule has 0 aromatic heterocycles. The third kappa shape index (κ3) is 22.6. The third-order valence-corrected chi connectivity index (χ3v) is 13.8. The molecule has 0 saturated carbocycles. The van der Waals surface area contributed by atoms with E-state index in [1.807, 2.05) is 6.08 Å². The summed E-state index contributed by atoms with van der Waals surface area (Å²) in [4.78, 5) is 13.1. The number of allylic oxidation sites excluding steroid dienone is 3. The number of aliphatic hydroxyl groups excluding tert-OH is 11. The quantitative estimate of drug-likeness (QED) is 0.0313. The lowest BCUT2D eigenvalue weighted by Crippen LogP contribution is -2.66. The molecule has 17 unspecified atom stereocenters. The molecule has 0 aromatic carbocycles. The summed E-state index contributed by atoms with van der Waals surface area (Å²) in [5, 5.41) is 119. The minimum Gasteiger partial charge on any atom is -0.394 e. The van der Waals surface area contributed by atoms with Crippen LogP contribution in [0.25, 0.3) is 0 Å². The van der Waals surface area contributed by atoms with Crippen LogP contribution in [0.5, 0.6) is 0 Å². The summed E-state index contributed by atoms with van der Waals surface area (Å²) >= 11 is 0. The van der Waals surface area contributed by atoms with Gasteiger partial charge >= 0.3 is 0 Å². The molecule has 0 bridgehead atoms. The molecule has 3 aliphatic heterocycles. The molecule has 12 N–H and O–H groups in total. The van der Waals surface area contributed by atoms with Crippen molar-refractivity contribution in [3.63, 3.8) is 0 Å². The van der Waals surface area contributed by atoms with Gasteiger partial charge in [-0.15, -0.1) is 0 Å². The third-order valence-electron chi connectivity index (χ3n) is 13.8. The monoisotopic (exact) mass is 1020 g/mol. The Kier molecular flexibility index (Phi) is 33.2. The zero-order valence-corrected chi connectivity index (χ0v) is 42.7. The van der Waals surface area contributed by atoms with E-state index in [2.05, 4.69) is 31.3 Å². The maximum atomic E-state index is 13.1. The molecule has 3 saturated heterocycles. The zero-order valence-electron chi connectivity index (χ0n) is 42.7. The van der Waals surface area contributed by atoms with Crippen LogP contribution in [0.2, 0.25) is 0 Å². The number of ether oxygens (including phenoxy) is 6. The average Bonchev–Trinajstić information content (AvgIpc) is 3.36. The molecule has 3 fully saturated rings. The highest BCUT2D eigenvalue weighted by molar-refractivity contribution is 5.76. The number of hydrogen-bond acceptors (Lipinski definition) is 18. The normalized spacial score (nSPS) is 32.4. The summed E-state index contributed by atoms with van der Waals surface area (Å²) in [6, 6.07) is -0.981. The van der Waals surface area contributed by atoms with Gasteiger partial charge in [-0.25, -0.2) is 0 Å². The Labute approximate surface area is 422 Å². The van der Waals surface area contributed by atoms with Crippen LogP contribution >= 0.6 is 0 Å². The fraction of sp³-hybridized carbons (Fsp3) is 0.904. The zero-order chi connectivity index (χ0) is 52.0. The molecule has 0 aromatic rings. The maximum absolute atomic E-state index is 13.1. The Bertz CT molecular complexity index is 1410. The van der Waals surface area contributed by atoms with Crippen LogP contribution in [0.4, 0.5) is 0 Å². The van der Waals surface area contributed by atoms with Crippen LogP contribution in [0.15, 0.2) is 24.3 Å². The number of carbonyl (C=O) groups excluding carboxylic acids is 1. The summed E-state index contributed by atoms with van der Waals surface area (Å²) < 4.78 is 34.0. The molecule has 1 amide bonds. The molecule has 3 aliphatic rings. The second kappa shape index (κ2) is 37.1. The molecule has 3 heterocycles. The van der Waals surface area contributed by atoms with Crippen molar-refractivity contribution >= 4 is 5.91 Å². The van der Waals surface area contributed by atoms with E-state index in [1.165, 1.54) is 83.5 Å². The van der Waals surface area contributed by atoms with Gasteiger partial charge in [0, 0.05) is 6.42 Å². The first-order valence-electron chi connectivity index (χ1n) is 27.1. The van der Waals surface area contributed by atoms with Crippen LogP contribution in [0.1, 0.15) is 168 Å². The summed E-state index contributed by atoms with van der Waals surface area (Å²) in [7, 11) is 0. The lowest BCUT2D eigenvalue weighted by Gasteiger charge is -2.48. The van der Waals surface area contributed by atoms with Gasteiger partial charge in [-0.1, -0.05) is 154 Å². The fourth-order valence-electron chi connectivity index (χ4n) is 9.20. The number of unbranched alkanes of at least 4 members (excludes halogenated alkanes) is 20. The first-order chi connectivity index (χ1) is 34.3. The van der Waals surface area contributed by atoms with Gasteiger partial charge in [-0.05, 0) is 32.1 Å². The van der Waals surface area contributed by atoms with Gasteiger partial charge in [0.1, 0.15) is 73.2 Å². The molecule has 19 heteroatoms. The lowest BCUT2D eigenvalue weighted by molar-refractivity contribution is -0.379. The van der Waals surface area contributed by atoms with Crippen LogP contribution in [-0.2, 0) is 33.2 Å². The van der Waals surface area contributed by atoms with Gasteiger partial charge in [0.25, 0.3) is 0 Å². The van der Waals surface area contributed by atoms with Gasteiger partial charge in [-0.2, -0.15) is 0 Å². The van der Waals surface area contributed by atoms with E-state index in [0.29, 0.717) is 12.8 Å². The molecule has 0 radical (unpaired) electrons. The van der Waals surface area contributed by atoms with Crippen molar-refractivity contribution in [2.45, 2.75) is 272 Å². The second-order valence-corrected chi connectivity index (χ2v) is 19.7. The Morgan fingerprint density at radius 2 is 0.901 bits per heavy atom. The van der Waals surface area contributed by atoms with E-state index in [-0.39, 0.29) is 18.9 Å². The standard InChI is InChI=1S/C52H95NO18/c1-3-5-7-9-11-12-13-14-15-16-17-18-19-20-21-22-23-24-25-27-29-36(57)35(53-40(58)30-28-26-10-8-6-4-2)34-66-50-46(64)43(61)48(38(32-55)68-50)71-52-47(65)44(62)49(39(33-56)69-52)70-51-45(63)42(60)41(59)37(31-54)67-51/h22-23,27,29,35-39,41-52,54-57,59-65H,3-21,24-26,28,30-34H2,1-2H3,(H,53,58)/b23-22+,29-27+. The fourth-order valence-corrected chi connectivity index (χ4v) is 9.20. The summed E-state index contributed by atoms with van der Waals surface area (Å²) in [6.45, 7) is 1.60. The molecule has 0 spiro atoms. The van der Waals surface area contributed by atoms with Crippen molar-refractivity contribution < 1.29 is 89.4 Å². The SMILES string of the molecule is CCCCCCCCCCCCCCCC/C=C/CC/C=C/C(O)C(COC1OC(CO)C(OC2OC(CO)C(OC3OC(CO)C(O)C(O)C3O)C(O)C2O)C(O)C1O)NC(=O)CCCCCCCC. The minimum atomic E-state index is -1.98. The molecule has 3 rings (SSSR count). The van der Waals surface area contributed by atoms with E-state index >= 15 is 0 Å². The van der Waals surface area contributed by atoms with Gasteiger partial charge in [-0.3, -0.25) is 4.79 Å². The van der Waals surface area contributed by atoms with E-state index in [4.69, 9.17) is 28.4 Å². The van der Waals surface area contributed by atoms with Crippen LogP contribution in [0.3, 0.4) is 0 Å². The lowest BCUT2D eigenvalue weighted by atomic mass is 9.96. The van der Waals surface area contributed by atoms with Crippen molar-refractivity contribution in [1.82, 2.24) is 5.32 Å². The van der Waals surface area contributed by atoms with Crippen LogP contribution in [0, 0.1) is 0 Å². The molecular formula is C52H95NO18. The van der Waals surface area contributed by atoms with Crippen molar-refractivity contribution in [1.29, 1.82) is 0 Å². The largest absolute Gasteiger partial charge is 0.394 e. The van der Waals surface area contributed by atoms with Gasteiger partial charge < -0.3 is 89.9 Å². The number of hydrogen-bond donors (Lipinski definition) is 12. The van der Waals surface area contributed by atoms with Crippen LogP contribution in [-0.4, -0.2) is 193 Å². The summed E-state index contributed by atoms with van der Waals surface area (Å²) in [5.41, 5.74) is 0. The first kappa shape index (κ1) is 63.6. The predicted molar refractivity (Wildman–Crippen MR) is 263 cm³/mol. The minimum absolute atomic E-state index is 0.234. The second-order valence-electron chi connectivity index (χ2n) is 19.7. The van der Waals surface area contributed by atoms with Crippen molar-refractivity contribution in [3.05, 3.63) is 24.3 Å². The Balaban J connectivity index is 1.50. The maximum Gasteiger partial charge on any atom is 0.220 e. The van der Waals surface area contributed by atoms with Crippen molar-refractivity contribution in [3.8, 4) is 0 Å². The highest BCUT2D eigenvalue weighted by Gasteiger charge is 2.53. The molecule has 0 aliphatic carbocycles. The van der Waals surface area contributed by atoms with Crippen molar-refractivity contribution in [2.24, 2.45) is 0 Å². The number of aliphatic hydroxyl groups is 11. The Hall–Kier alpha value is -1.73. The number of carbonyl (C=O) groups is 1. The molecule has 19 nitrogen and oxygen atoms in total. The van der Waals surface area contributed by atoms with Gasteiger partial charge in [0.2, 0.25) is 5.91 Å². The van der Waals surface area contributed by atoms with E-state index in [1.54, 1.807) is 6.08 Å². The molecule has 17 atom stereocenters. The molecule has 71 heavy (non-hydrogen) atoms. The first-order valence-corrected chi connectivity index (χ1v) is 27.1. The number of amides is 1. The highest BCUT2D eigenvalue weighted by atomic mass is 16.8. The summed E-state index contributed by atoms with van der Waals surface area (Å²) in [5.74, 6) is -0.296. The average molecular weight is 1020 g/mol. The number of rotatable bonds is 38. The highest BCUT2D eigenvalue weighted by Crippen LogP contribution is 2.33. The smallest absolute Gasteiger partial charge is 0.220 e. The molecular weight excluding hydrogens is 927 g/mol. The molecule has 416 valence electrons. The van der Waals surface area contributed by atoms with E-state index in [9.17, 15) is 61.0 Å². The van der Waals surface area contributed by atoms with Crippen molar-refractivity contribution in [2.75, 3.05) is 26.4 Å². The van der Waals surface area contributed by atoms with Gasteiger partial charge in [0.05, 0.1) is 38.6 Å². The predicted octanol–water partition coefficient (Wildman–Crippen LogP) is 2.81. The topological polar surface area (TPSA) is 307 Å². The summed E-state index contributed by atoms with van der Waals surface area (Å²) in [6.07, 6.45) is 8.02. The van der Waals surface area contributed by atoms with Crippen LogP contribution < -0.4 is 5.32 Å². The number of nitrogens with one attached hydrogen (secondary N) is 1. The van der Waals surface area contributed by atoms with E-state index in [0.717, 1.165) is 51.4 Å².